The summed E-state index contributed by atoms with van der Waals surface area (Å²) in [5.41, 5.74) is 5.15. The zero-order chi connectivity index (χ0) is 25.3. The van der Waals surface area contributed by atoms with Gasteiger partial charge in [0.1, 0.15) is 18.1 Å². The Kier molecular flexibility index (Phi) is 8.75. The number of nitriles is 1. The van der Waals surface area contributed by atoms with Crippen LogP contribution in [-0.2, 0) is 22.5 Å². The standard InChI is InChI=1S/C29H33N3O4/c1-35-25-10-5-9-24(17-25)28-26(11-6-16-30)32(31-29(28)23-7-3-2-4-8-23)18-21-12-14-22(15-13-21)19-36-20-27(33)34/h2-5,7-10,17,21-22H,6,11-15,18-20H2,1H3,(H,33,34). The van der Waals surface area contributed by atoms with E-state index in [4.69, 9.17) is 19.7 Å². The van der Waals surface area contributed by atoms with E-state index in [0.29, 0.717) is 31.3 Å². The van der Waals surface area contributed by atoms with Gasteiger partial charge < -0.3 is 14.6 Å². The maximum atomic E-state index is 10.7. The van der Waals surface area contributed by atoms with Gasteiger partial charge in [-0.1, -0.05) is 42.5 Å². The monoisotopic (exact) mass is 487 g/mol. The molecule has 0 atom stereocenters. The molecule has 1 N–H and O–H groups in total. The van der Waals surface area contributed by atoms with Crippen molar-refractivity contribution in [2.45, 2.75) is 45.1 Å². The van der Waals surface area contributed by atoms with Gasteiger partial charge in [0.25, 0.3) is 0 Å². The number of aliphatic carboxylic acids is 1. The topological polar surface area (TPSA) is 97.4 Å². The lowest BCUT2D eigenvalue weighted by Gasteiger charge is -2.28. The number of ether oxygens (including phenoxy) is 2. The number of hydrogen-bond donors (Lipinski definition) is 1. The predicted octanol–water partition coefficient (Wildman–Crippen LogP) is 5.59. The SMILES string of the molecule is COc1cccc(-c2c(-c3ccccc3)nn(CC3CCC(COCC(=O)O)CC3)c2CCC#N)c1. The van der Waals surface area contributed by atoms with Crippen LogP contribution in [0.25, 0.3) is 22.4 Å². The minimum atomic E-state index is -0.923. The molecule has 2 aromatic carbocycles. The predicted molar refractivity (Wildman–Crippen MR) is 137 cm³/mol. The summed E-state index contributed by atoms with van der Waals surface area (Å²) in [4.78, 5) is 10.7. The smallest absolute Gasteiger partial charge is 0.329 e. The van der Waals surface area contributed by atoms with Gasteiger partial charge in [-0.2, -0.15) is 10.4 Å². The molecule has 1 aliphatic rings. The van der Waals surface area contributed by atoms with Crippen LogP contribution in [0.4, 0.5) is 0 Å². The van der Waals surface area contributed by atoms with Crippen molar-refractivity contribution in [2.24, 2.45) is 11.8 Å². The van der Waals surface area contributed by atoms with Crippen molar-refractivity contribution in [3.63, 3.8) is 0 Å². The normalized spacial score (nSPS) is 17.4. The molecule has 0 bridgehead atoms. The van der Waals surface area contributed by atoms with E-state index in [9.17, 15) is 10.1 Å². The van der Waals surface area contributed by atoms with Crippen LogP contribution in [0.2, 0.25) is 0 Å². The fourth-order valence-electron chi connectivity index (χ4n) is 5.09. The van der Waals surface area contributed by atoms with E-state index < -0.39 is 5.97 Å². The first-order chi connectivity index (χ1) is 17.6. The van der Waals surface area contributed by atoms with Crippen LogP contribution in [0.1, 0.15) is 37.8 Å². The molecule has 188 valence electrons. The molecule has 0 radical (unpaired) electrons. The molecule has 3 aromatic rings. The lowest BCUT2D eigenvalue weighted by molar-refractivity contribution is -0.142. The van der Waals surface area contributed by atoms with Gasteiger partial charge in [0.05, 0.1) is 19.8 Å². The number of aromatic nitrogens is 2. The third-order valence-corrected chi connectivity index (χ3v) is 6.91. The molecule has 36 heavy (non-hydrogen) atoms. The summed E-state index contributed by atoms with van der Waals surface area (Å²) in [6, 6.07) is 20.5. The van der Waals surface area contributed by atoms with Crippen molar-refractivity contribution in [1.82, 2.24) is 9.78 Å². The van der Waals surface area contributed by atoms with Crippen LogP contribution in [0.5, 0.6) is 5.75 Å². The molecule has 0 unspecified atom stereocenters. The quantitative estimate of drug-likeness (QED) is 0.379. The molecule has 0 amide bonds. The van der Waals surface area contributed by atoms with Gasteiger partial charge in [-0.05, 0) is 55.2 Å². The van der Waals surface area contributed by atoms with Crippen LogP contribution in [0.15, 0.2) is 54.6 Å². The molecule has 1 aromatic heterocycles. The summed E-state index contributed by atoms with van der Waals surface area (Å²) < 4.78 is 13.0. The molecule has 7 heteroatoms. The lowest BCUT2D eigenvalue weighted by Crippen LogP contribution is -2.23. The van der Waals surface area contributed by atoms with Crippen LogP contribution >= 0.6 is 0 Å². The number of hydrogen-bond acceptors (Lipinski definition) is 5. The first-order valence-electron chi connectivity index (χ1n) is 12.5. The molecule has 4 rings (SSSR count). The van der Waals surface area contributed by atoms with E-state index in [1.54, 1.807) is 7.11 Å². The molecule has 1 saturated carbocycles. The Bertz CT molecular complexity index is 1190. The second-order valence-electron chi connectivity index (χ2n) is 9.40. The highest BCUT2D eigenvalue weighted by molar-refractivity contribution is 5.83. The third-order valence-electron chi connectivity index (χ3n) is 6.91. The molecule has 0 aliphatic heterocycles. The zero-order valence-electron chi connectivity index (χ0n) is 20.7. The largest absolute Gasteiger partial charge is 0.497 e. The molecular formula is C29H33N3O4. The van der Waals surface area contributed by atoms with Crippen LogP contribution in [0.3, 0.4) is 0 Å². The molecule has 1 aliphatic carbocycles. The van der Waals surface area contributed by atoms with Gasteiger partial charge >= 0.3 is 5.97 Å². The summed E-state index contributed by atoms with van der Waals surface area (Å²) >= 11 is 0. The minimum absolute atomic E-state index is 0.231. The number of carboxylic acid groups (broad SMARTS) is 1. The Morgan fingerprint density at radius 1 is 1.08 bits per heavy atom. The average Bonchev–Trinajstić information content (AvgIpc) is 3.26. The minimum Gasteiger partial charge on any atom is -0.497 e. The maximum absolute atomic E-state index is 10.7. The maximum Gasteiger partial charge on any atom is 0.329 e. The van der Waals surface area contributed by atoms with Gasteiger partial charge in [0, 0.05) is 36.2 Å². The first-order valence-corrected chi connectivity index (χ1v) is 12.5. The second-order valence-corrected chi connectivity index (χ2v) is 9.40. The molecule has 1 fully saturated rings. The van der Waals surface area contributed by atoms with E-state index in [1.165, 1.54) is 0 Å². The van der Waals surface area contributed by atoms with E-state index >= 15 is 0 Å². The van der Waals surface area contributed by atoms with Gasteiger partial charge in [0.15, 0.2) is 0 Å². The third kappa shape index (κ3) is 6.32. The van der Waals surface area contributed by atoms with E-state index in [0.717, 1.165) is 66.1 Å². The number of carbonyl (C=O) groups is 1. The van der Waals surface area contributed by atoms with Gasteiger partial charge in [0.2, 0.25) is 0 Å². The Balaban J connectivity index is 1.62. The van der Waals surface area contributed by atoms with E-state index in [2.05, 4.69) is 29.0 Å². The molecule has 0 spiro atoms. The van der Waals surface area contributed by atoms with E-state index in [-0.39, 0.29) is 6.61 Å². The second kappa shape index (κ2) is 12.4. The highest BCUT2D eigenvalue weighted by Crippen LogP contribution is 2.38. The summed E-state index contributed by atoms with van der Waals surface area (Å²) in [5.74, 6) is 0.744. The lowest BCUT2D eigenvalue weighted by atomic mass is 9.82. The Hall–Kier alpha value is -3.63. The van der Waals surface area contributed by atoms with Crippen LogP contribution in [0, 0.1) is 23.2 Å². The van der Waals surface area contributed by atoms with Crippen molar-refractivity contribution in [1.29, 1.82) is 5.26 Å². The van der Waals surface area contributed by atoms with Crippen molar-refractivity contribution in [3.8, 4) is 34.2 Å². The van der Waals surface area contributed by atoms with Crippen molar-refractivity contribution < 1.29 is 19.4 Å². The zero-order valence-corrected chi connectivity index (χ0v) is 20.7. The van der Waals surface area contributed by atoms with Gasteiger partial charge in [-0.25, -0.2) is 4.79 Å². The van der Waals surface area contributed by atoms with Crippen LogP contribution in [-0.4, -0.2) is 41.2 Å². The summed E-state index contributed by atoms with van der Waals surface area (Å²) in [6.45, 7) is 1.07. The van der Waals surface area contributed by atoms with Gasteiger partial charge in [-0.15, -0.1) is 0 Å². The summed E-state index contributed by atoms with van der Waals surface area (Å²) in [6.07, 6.45) is 5.19. The highest BCUT2D eigenvalue weighted by Gasteiger charge is 2.26. The fourth-order valence-corrected chi connectivity index (χ4v) is 5.09. The highest BCUT2D eigenvalue weighted by atomic mass is 16.5. The number of nitrogens with zero attached hydrogens (tertiary/aromatic N) is 3. The Morgan fingerprint density at radius 2 is 1.81 bits per heavy atom. The van der Waals surface area contributed by atoms with E-state index in [1.807, 2.05) is 36.4 Å². The molecule has 1 heterocycles. The number of rotatable bonds is 11. The Labute approximate surface area is 212 Å². The Morgan fingerprint density at radius 3 is 2.50 bits per heavy atom. The van der Waals surface area contributed by atoms with Crippen LogP contribution < -0.4 is 4.74 Å². The summed E-state index contributed by atoms with van der Waals surface area (Å²) in [5, 5.41) is 23.3. The number of benzene rings is 2. The van der Waals surface area contributed by atoms with Crippen molar-refractivity contribution in [3.05, 3.63) is 60.3 Å². The molecule has 0 saturated heterocycles. The summed E-state index contributed by atoms with van der Waals surface area (Å²) in [7, 11) is 1.67. The number of carboxylic acids is 1. The first kappa shape index (κ1) is 25.5. The number of methoxy groups -OCH3 is 1. The fraction of sp³-hybridized carbons (Fsp3) is 0.414. The average molecular weight is 488 g/mol. The van der Waals surface area contributed by atoms with Crippen molar-refractivity contribution in [2.75, 3.05) is 20.3 Å². The molecule has 7 nitrogen and oxygen atoms in total. The van der Waals surface area contributed by atoms with Gasteiger partial charge in [-0.3, -0.25) is 4.68 Å². The van der Waals surface area contributed by atoms with Crippen molar-refractivity contribution >= 4 is 5.97 Å². The molecular weight excluding hydrogens is 454 g/mol.